The highest BCUT2D eigenvalue weighted by atomic mass is 35.5. The fourth-order valence-corrected chi connectivity index (χ4v) is 2.25. The van der Waals surface area contributed by atoms with Crippen LogP contribution in [0.15, 0.2) is 18.5 Å². The van der Waals surface area contributed by atoms with Crippen LogP contribution < -0.4 is 10.6 Å². The topological polar surface area (TPSA) is 94.6 Å². The van der Waals surface area contributed by atoms with Crippen molar-refractivity contribution in [3.8, 4) is 6.07 Å². The van der Waals surface area contributed by atoms with Crippen molar-refractivity contribution >= 4 is 23.1 Å². The van der Waals surface area contributed by atoms with E-state index in [1.54, 1.807) is 12.4 Å². The SMILES string of the molecule is CN(CCCc1[nH]nc(N)c1C#N)c1ccncc1Cl. The number of nitrogens with one attached hydrogen (secondary N) is 1. The Morgan fingerprint density at radius 2 is 2.35 bits per heavy atom. The summed E-state index contributed by atoms with van der Waals surface area (Å²) in [4.78, 5) is 6.01. The van der Waals surface area contributed by atoms with Crippen molar-refractivity contribution < 1.29 is 0 Å². The second-order valence-corrected chi connectivity index (χ2v) is 4.83. The number of nitrogens with zero attached hydrogens (tertiary/aromatic N) is 4. The molecule has 0 unspecified atom stereocenters. The molecule has 6 nitrogen and oxygen atoms in total. The zero-order chi connectivity index (χ0) is 14.5. The molecule has 7 heteroatoms. The molecule has 2 aromatic rings. The quantitative estimate of drug-likeness (QED) is 0.878. The minimum Gasteiger partial charge on any atom is -0.381 e. The molecule has 104 valence electrons. The van der Waals surface area contributed by atoms with E-state index in [0.29, 0.717) is 17.0 Å². The zero-order valence-corrected chi connectivity index (χ0v) is 11.9. The van der Waals surface area contributed by atoms with E-state index in [1.807, 2.05) is 13.1 Å². The summed E-state index contributed by atoms with van der Waals surface area (Å²) in [7, 11) is 1.97. The number of halogens is 1. The van der Waals surface area contributed by atoms with Gasteiger partial charge in [0.05, 0.1) is 16.4 Å². The van der Waals surface area contributed by atoms with E-state index in [4.69, 9.17) is 22.6 Å². The summed E-state index contributed by atoms with van der Waals surface area (Å²) < 4.78 is 0. The number of rotatable bonds is 5. The van der Waals surface area contributed by atoms with Gasteiger partial charge >= 0.3 is 0 Å². The van der Waals surface area contributed by atoms with Crippen LogP contribution in [0.25, 0.3) is 0 Å². The van der Waals surface area contributed by atoms with Gasteiger partial charge in [-0.3, -0.25) is 10.1 Å². The van der Waals surface area contributed by atoms with Crippen molar-refractivity contribution in [3.63, 3.8) is 0 Å². The molecule has 0 bridgehead atoms. The summed E-state index contributed by atoms with van der Waals surface area (Å²) >= 11 is 6.09. The molecular weight excluding hydrogens is 276 g/mol. The number of hydrogen-bond donors (Lipinski definition) is 2. The lowest BCUT2D eigenvalue weighted by Gasteiger charge is -2.19. The first-order valence-corrected chi connectivity index (χ1v) is 6.54. The van der Waals surface area contributed by atoms with Gasteiger partial charge in [0, 0.05) is 26.0 Å². The van der Waals surface area contributed by atoms with Crippen molar-refractivity contribution in [2.24, 2.45) is 0 Å². The van der Waals surface area contributed by atoms with Crippen LogP contribution in [0.3, 0.4) is 0 Å². The molecule has 0 aromatic carbocycles. The van der Waals surface area contributed by atoms with Crippen LogP contribution in [0, 0.1) is 11.3 Å². The highest BCUT2D eigenvalue weighted by Gasteiger charge is 2.11. The molecule has 3 N–H and O–H groups in total. The molecule has 0 aliphatic rings. The zero-order valence-electron chi connectivity index (χ0n) is 11.1. The number of nitrogens with two attached hydrogens (primary N) is 1. The van der Waals surface area contributed by atoms with Gasteiger partial charge in [0.1, 0.15) is 11.6 Å². The van der Waals surface area contributed by atoms with Crippen LogP contribution in [0.1, 0.15) is 17.7 Å². The Morgan fingerprint density at radius 1 is 1.55 bits per heavy atom. The molecule has 0 aliphatic carbocycles. The number of anilines is 2. The summed E-state index contributed by atoms with van der Waals surface area (Å²) in [5, 5.41) is 16.3. The van der Waals surface area contributed by atoms with Gasteiger partial charge in [-0.2, -0.15) is 10.4 Å². The number of pyridine rings is 1. The van der Waals surface area contributed by atoms with Crippen LogP contribution in [-0.2, 0) is 6.42 Å². The fourth-order valence-electron chi connectivity index (χ4n) is 1.99. The molecule has 0 atom stereocenters. The summed E-state index contributed by atoms with van der Waals surface area (Å²) in [6, 6.07) is 3.93. The molecule has 0 radical (unpaired) electrons. The minimum atomic E-state index is 0.257. The van der Waals surface area contributed by atoms with Gasteiger partial charge in [-0.1, -0.05) is 11.6 Å². The number of aromatic nitrogens is 3. The van der Waals surface area contributed by atoms with Crippen LogP contribution >= 0.6 is 11.6 Å². The third-order valence-electron chi connectivity index (χ3n) is 3.06. The lowest BCUT2D eigenvalue weighted by atomic mass is 10.1. The number of hydrogen-bond acceptors (Lipinski definition) is 5. The maximum atomic E-state index is 8.99. The van der Waals surface area contributed by atoms with Gasteiger partial charge in [-0.05, 0) is 18.9 Å². The van der Waals surface area contributed by atoms with E-state index in [1.165, 1.54) is 0 Å². The van der Waals surface area contributed by atoms with Crippen LogP contribution in [0.5, 0.6) is 0 Å². The maximum Gasteiger partial charge on any atom is 0.163 e. The molecule has 0 aliphatic heterocycles. The molecule has 0 amide bonds. The van der Waals surface area contributed by atoms with E-state index in [0.717, 1.165) is 24.3 Å². The van der Waals surface area contributed by atoms with Crippen molar-refractivity contribution in [3.05, 3.63) is 34.7 Å². The molecule has 2 rings (SSSR count). The van der Waals surface area contributed by atoms with Gasteiger partial charge in [0.2, 0.25) is 0 Å². The van der Waals surface area contributed by atoms with Crippen molar-refractivity contribution in [1.82, 2.24) is 15.2 Å². The summed E-state index contributed by atoms with van der Waals surface area (Å²) in [5.74, 6) is 0.257. The van der Waals surface area contributed by atoms with Crippen LogP contribution in [-0.4, -0.2) is 28.8 Å². The smallest absolute Gasteiger partial charge is 0.163 e. The number of aromatic amines is 1. The largest absolute Gasteiger partial charge is 0.381 e. The second-order valence-electron chi connectivity index (χ2n) is 4.43. The number of nitrogen functional groups attached to an aromatic ring is 1. The molecular formula is C13H15ClN6. The molecule has 0 saturated heterocycles. The molecule has 2 heterocycles. The van der Waals surface area contributed by atoms with Crippen molar-refractivity contribution in [2.45, 2.75) is 12.8 Å². The Kier molecular flexibility index (Phi) is 4.43. The Hall–Kier alpha value is -2.26. The van der Waals surface area contributed by atoms with Crippen molar-refractivity contribution in [1.29, 1.82) is 5.26 Å². The molecule has 0 fully saturated rings. The molecule has 0 spiro atoms. The Bertz CT molecular complexity index is 630. The van der Waals surface area contributed by atoms with E-state index in [2.05, 4.69) is 26.2 Å². The second kappa shape index (κ2) is 6.26. The predicted molar refractivity (Wildman–Crippen MR) is 78.6 cm³/mol. The monoisotopic (exact) mass is 290 g/mol. The van der Waals surface area contributed by atoms with Gasteiger partial charge in [0.15, 0.2) is 5.82 Å². The summed E-state index contributed by atoms with van der Waals surface area (Å²) in [5.41, 5.74) is 7.75. The molecule has 2 aromatic heterocycles. The standard InChI is InChI=1S/C13H15ClN6/c1-20(12-4-5-17-8-10(12)14)6-2-3-11-9(7-15)13(16)19-18-11/h4-5,8H,2-3,6H2,1H3,(H3,16,18,19). The van der Waals surface area contributed by atoms with Crippen LogP contribution in [0.2, 0.25) is 5.02 Å². The lowest BCUT2D eigenvalue weighted by Crippen LogP contribution is -2.19. The first kappa shape index (κ1) is 14.2. The van der Waals surface area contributed by atoms with E-state index < -0.39 is 0 Å². The summed E-state index contributed by atoms with van der Waals surface area (Å²) in [6.45, 7) is 0.799. The number of aryl methyl sites for hydroxylation is 1. The fraction of sp³-hybridized carbons (Fsp3) is 0.308. The first-order valence-electron chi connectivity index (χ1n) is 6.17. The number of H-pyrrole nitrogens is 1. The Morgan fingerprint density at radius 3 is 3.05 bits per heavy atom. The highest BCUT2D eigenvalue weighted by molar-refractivity contribution is 6.33. The van der Waals surface area contributed by atoms with E-state index >= 15 is 0 Å². The third kappa shape index (κ3) is 3.00. The predicted octanol–water partition coefficient (Wildman–Crippen LogP) is 1.98. The van der Waals surface area contributed by atoms with Crippen molar-refractivity contribution in [2.75, 3.05) is 24.2 Å². The van der Waals surface area contributed by atoms with E-state index in [9.17, 15) is 0 Å². The van der Waals surface area contributed by atoms with Gasteiger partial charge in [-0.25, -0.2) is 0 Å². The lowest BCUT2D eigenvalue weighted by molar-refractivity contribution is 0.766. The van der Waals surface area contributed by atoms with Gasteiger partial charge in [0.25, 0.3) is 0 Å². The van der Waals surface area contributed by atoms with Gasteiger partial charge in [-0.15, -0.1) is 0 Å². The normalized spacial score (nSPS) is 10.2. The molecule has 0 saturated carbocycles. The average molecular weight is 291 g/mol. The third-order valence-corrected chi connectivity index (χ3v) is 3.35. The minimum absolute atomic E-state index is 0.257. The van der Waals surface area contributed by atoms with Gasteiger partial charge < -0.3 is 10.6 Å². The summed E-state index contributed by atoms with van der Waals surface area (Å²) in [6.07, 6.45) is 4.89. The highest BCUT2D eigenvalue weighted by Crippen LogP contribution is 2.23. The Labute approximate surface area is 122 Å². The molecule has 20 heavy (non-hydrogen) atoms. The van der Waals surface area contributed by atoms with Crippen LogP contribution in [0.4, 0.5) is 11.5 Å². The average Bonchev–Trinajstić information content (AvgIpc) is 2.79. The first-order chi connectivity index (χ1) is 9.63. The number of nitriles is 1. The van der Waals surface area contributed by atoms with E-state index in [-0.39, 0.29) is 5.82 Å². The Balaban J connectivity index is 1.93. The maximum absolute atomic E-state index is 8.99.